The zero-order valence-electron chi connectivity index (χ0n) is 13.0. The maximum Gasteiger partial charge on any atom is 0.264 e. The van der Waals surface area contributed by atoms with Gasteiger partial charge in [0.15, 0.2) is 6.61 Å². The third kappa shape index (κ3) is 3.63. The van der Waals surface area contributed by atoms with Crippen molar-refractivity contribution in [2.75, 3.05) is 11.9 Å². The molecule has 1 heterocycles. The Balaban J connectivity index is 1.68. The van der Waals surface area contributed by atoms with Crippen molar-refractivity contribution in [3.63, 3.8) is 0 Å². The van der Waals surface area contributed by atoms with Crippen molar-refractivity contribution >= 4 is 22.6 Å². The summed E-state index contributed by atoms with van der Waals surface area (Å²) in [6, 6.07) is 15.5. The molecule has 2 aromatic carbocycles. The second-order valence-corrected chi connectivity index (χ2v) is 5.29. The predicted molar refractivity (Wildman–Crippen MR) is 89.6 cm³/mol. The fraction of sp³-hybridized carbons (Fsp3) is 0.167. The minimum absolute atomic E-state index is 0.0929. The molecule has 23 heavy (non-hydrogen) atoms. The van der Waals surface area contributed by atoms with Gasteiger partial charge < -0.3 is 4.74 Å². The lowest BCUT2D eigenvalue weighted by atomic mass is 10.1. The molecular weight excluding hydrogens is 290 g/mol. The molecule has 0 atom stereocenters. The van der Waals surface area contributed by atoms with Gasteiger partial charge in [0.1, 0.15) is 5.75 Å². The molecular formula is C18H17N3O2. The van der Waals surface area contributed by atoms with Crippen molar-refractivity contribution in [1.82, 2.24) is 9.97 Å². The van der Waals surface area contributed by atoms with Crippen molar-refractivity contribution < 1.29 is 9.53 Å². The highest BCUT2D eigenvalue weighted by molar-refractivity contribution is 5.91. The monoisotopic (exact) mass is 307 g/mol. The molecule has 0 bridgehead atoms. The van der Waals surface area contributed by atoms with Crippen LogP contribution in [0.2, 0.25) is 0 Å². The van der Waals surface area contributed by atoms with Crippen LogP contribution in [0.15, 0.2) is 48.5 Å². The van der Waals surface area contributed by atoms with E-state index >= 15 is 0 Å². The summed E-state index contributed by atoms with van der Waals surface area (Å²) in [6.07, 6.45) is 0. The molecule has 0 fully saturated rings. The van der Waals surface area contributed by atoms with Gasteiger partial charge in [-0.1, -0.05) is 36.4 Å². The first-order valence-corrected chi connectivity index (χ1v) is 7.34. The van der Waals surface area contributed by atoms with Gasteiger partial charge in [0.2, 0.25) is 5.95 Å². The normalized spacial score (nSPS) is 10.5. The maximum absolute atomic E-state index is 12.0. The number of aromatic nitrogens is 2. The summed E-state index contributed by atoms with van der Waals surface area (Å²) in [4.78, 5) is 20.4. The molecule has 0 aliphatic rings. The molecule has 1 N–H and O–H groups in total. The lowest BCUT2D eigenvalue weighted by molar-refractivity contribution is -0.118. The topological polar surface area (TPSA) is 64.1 Å². The van der Waals surface area contributed by atoms with E-state index in [4.69, 9.17) is 4.74 Å². The summed E-state index contributed by atoms with van der Waals surface area (Å²) in [5.74, 6) is 0.691. The fourth-order valence-electron chi connectivity index (χ4n) is 2.41. The molecule has 1 amide bonds. The highest BCUT2D eigenvalue weighted by Gasteiger charge is 2.08. The number of carbonyl (C=O) groups is 1. The molecule has 5 nitrogen and oxygen atoms in total. The van der Waals surface area contributed by atoms with Crippen molar-refractivity contribution in [3.05, 3.63) is 59.9 Å². The molecule has 116 valence electrons. The van der Waals surface area contributed by atoms with Gasteiger partial charge in [-0.3, -0.25) is 10.1 Å². The molecule has 0 radical (unpaired) electrons. The van der Waals surface area contributed by atoms with Crippen LogP contribution < -0.4 is 10.1 Å². The molecule has 3 aromatic rings. The van der Waals surface area contributed by atoms with Gasteiger partial charge in [-0.25, -0.2) is 9.97 Å². The van der Waals surface area contributed by atoms with Gasteiger partial charge >= 0.3 is 0 Å². The average molecular weight is 307 g/mol. The van der Waals surface area contributed by atoms with E-state index in [0.29, 0.717) is 11.7 Å². The summed E-state index contributed by atoms with van der Waals surface area (Å²) in [5, 5.41) is 4.71. The van der Waals surface area contributed by atoms with Gasteiger partial charge in [-0.2, -0.15) is 0 Å². The number of hydrogen-bond acceptors (Lipinski definition) is 4. The van der Waals surface area contributed by atoms with Gasteiger partial charge in [0.25, 0.3) is 5.91 Å². The zero-order chi connectivity index (χ0) is 16.2. The highest BCUT2D eigenvalue weighted by Crippen LogP contribution is 2.24. The second kappa shape index (κ2) is 6.44. The van der Waals surface area contributed by atoms with Crippen molar-refractivity contribution in [2.24, 2.45) is 0 Å². The Morgan fingerprint density at radius 1 is 1.04 bits per heavy atom. The number of nitrogens with zero attached hydrogens (tertiary/aromatic N) is 2. The van der Waals surface area contributed by atoms with E-state index in [1.807, 2.05) is 62.4 Å². The Morgan fingerprint density at radius 3 is 2.52 bits per heavy atom. The number of benzene rings is 2. The third-order valence-electron chi connectivity index (χ3n) is 3.34. The summed E-state index contributed by atoms with van der Waals surface area (Å²) in [5.41, 5.74) is 1.62. The summed E-state index contributed by atoms with van der Waals surface area (Å²) in [6.45, 7) is 3.62. The Bertz CT molecular complexity index is 836. The van der Waals surface area contributed by atoms with Crippen LogP contribution in [-0.4, -0.2) is 22.5 Å². The number of rotatable bonds is 4. The van der Waals surface area contributed by atoms with Gasteiger partial charge in [-0.05, 0) is 31.4 Å². The molecule has 0 unspecified atom stereocenters. The number of fused-ring (bicyclic) bond motifs is 1. The average Bonchev–Trinajstić information content (AvgIpc) is 2.52. The number of amides is 1. The van der Waals surface area contributed by atoms with E-state index in [1.54, 1.807) is 0 Å². The van der Waals surface area contributed by atoms with Crippen LogP contribution in [-0.2, 0) is 4.79 Å². The maximum atomic E-state index is 12.0. The standard InChI is InChI=1S/C18H17N3O2/c1-12-10-13(2)20-18(19-12)21-17(22)11-23-16-9-5-7-14-6-3-4-8-15(14)16/h3-10H,11H2,1-2H3,(H,19,20,21,22). The van der Waals surface area contributed by atoms with Crippen LogP contribution in [0.1, 0.15) is 11.4 Å². The third-order valence-corrected chi connectivity index (χ3v) is 3.34. The number of nitrogens with one attached hydrogen (secondary N) is 1. The molecule has 0 spiro atoms. The quantitative estimate of drug-likeness (QED) is 0.803. The van der Waals surface area contributed by atoms with Crippen LogP contribution in [0, 0.1) is 13.8 Å². The number of aryl methyl sites for hydroxylation is 2. The smallest absolute Gasteiger partial charge is 0.264 e. The summed E-state index contributed by atoms with van der Waals surface area (Å²) in [7, 11) is 0. The lowest BCUT2D eigenvalue weighted by Gasteiger charge is -2.09. The first kappa shape index (κ1) is 15.0. The van der Waals surface area contributed by atoms with Crippen molar-refractivity contribution in [2.45, 2.75) is 13.8 Å². The van der Waals surface area contributed by atoms with Crippen LogP contribution in [0.3, 0.4) is 0 Å². The zero-order valence-corrected chi connectivity index (χ0v) is 13.0. The molecule has 0 aliphatic heterocycles. The minimum Gasteiger partial charge on any atom is -0.483 e. The Kier molecular flexibility index (Phi) is 4.19. The van der Waals surface area contributed by atoms with Crippen LogP contribution in [0.5, 0.6) is 5.75 Å². The van der Waals surface area contributed by atoms with Gasteiger partial charge in [0.05, 0.1) is 0 Å². The lowest BCUT2D eigenvalue weighted by Crippen LogP contribution is -2.21. The Hall–Kier alpha value is -2.95. The second-order valence-electron chi connectivity index (χ2n) is 5.29. The minimum atomic E-state index is -0.289. The van der Waals surface area contributed by atoms with Crippen LogP contribution in [0.25, 0.3) is 10.8 Å². The van der Waals surface area contributed by atoms with E-state index in [9.17, 15) is 4.79 Å². The van der Waals surface area contributed by atoms with E-state index in [1.165, 1.54) is 0 Å². The van der Waals surface area contributed by atoms with Crippen LogP contribution >= 0.6 is 0 Å². The molecule has 3 rings (SSSR count). The molecule has 0 aliphatic carbocycles. The molecule has 0 saturated carbocycles. The predicted octanol–water partition coefficient (Wildman–Crippen LogP) is 3.26. The van der Waals surface area contributed by atoms with E-state index in [-0.39, 0.29) is 12.5 Å². The first-order chi connectivity index (χ1) is 11.1. The van der Waals surface area contributed by atoms with Crippen molar-refractivity contribution in [3.8, 4) is 5.75 Å². The van der Waals surface area contributed by atoms with Gasteiger partial charge in [-0.15, -0.1) is 0 Å². The van der Waals surface area contributed by atoms with E-state index in [2.05, 4.69) is 15.3 Å². The molecule has 0 saturated heterocycles. The Morgan fingerprint density at radius 2 is 1.74 bits per heavy atom. The van der Waals surface area contributed by atoms with Crippen LogP contribution in [0.4, 0.5) is 5.95 Å². The number of carbonyl (C=O) groups excluding carboxylic acids is 1. The van der Waals surface area contributed by atoms with Gasteiger partial charge in [0, 0.05) is 16.8 Å². The van der Waals surface area contributed by atoms with E-state index in [0.717, 1.165) is 22.2 Å². The fourth-order valence-corrected chi connectivity index (χ4v) is 2.41. The van der Waals surface area contributed by atoms with Crippen molar-refractivity contribution in [1.29, 1.82) is 0 Å². The largest absolute Gasteiger partial charge is 0.483 e. The number of ether oxygens (including phenoxy) is 1. The number of anilines is 1. The highest BCUT2D eigenvalue weighted by atomic mass is 16.5. The molecule has 5 heteroatoms. The van der Waals surface area contributed by atoms with E-state index < -0.39 is 0 Å². The first-order valence-electron chi connectivity index (χ1n) is 7.34. The molecule has 1 aromatic heterocycles. The SMILES string of the molecule is Cc1cc(C)nc(NC(=O)COc2cccc3ccccc23)n1. The summed E-state index contributed by atoms with van der Waals surface area (Å²) < 4.78 is 5.65. The summed E-state index contributed by atoms with van der Waals surface area (Å²) >= 11 is 0. The Labute approximate surface area is 134 Å². The number of hydrogen-bond donors (Lipinski definition) is 1.